The molecular formula is C15H28N2OS. The van der Waals surface area contributed by atoms with Gasteiger partial charge in [-0.05, 0) is 44.4 Å². The van der Waals surface area contributed by atoms with Crippen molar-refractivity contribution in [2.24, 2.45) is 17.1 Å². The number of hydrogen-bond acceptors (Lipinski definition) is 2. The van der Waals surface area contributed by atoms with Crippen molar-refractivity contribution in [2.45, 2.75) is 71.8 Å². The van der Waals surface area contributed by atoms with Crippen LogP contribution in [0.5, 0.6) is 0 Å². The van der Waals surface area contributed by atoms with Crippen molar-refractivity contribution in [1.29, 1.82) is 0 Å². The van der Waals surface area contributed by atoms with E-state index < -0.39 is 5.41 Å². The molecule has 0 aromatic heterocycles. The van der Waals surface area contributed by atoms with Crippen LogP contribution in [0, 0.1) is 11.3 Å². The molecule has 0 spiro atoms. The number of carbonyl (C=O) groups excluding carboxylic acids is 1. The molecule has 0 bridgehead atoms. The zero-order valence-electron chi connectivity index (χ0n) is 12.5. The van der Waals surface area contributed by atoms with Crippen LogP contribution < -0.4 is 11.1 Å². The van der Waals surface area contributed by atoms with Gasteiger partial charge in [0.05, 0.1) is 10.4 Å². The molecule has 0 unspecified atom stereocenters. The molecule has 4 heteroatoms. The molecule has 3 nitrogen and oxygen atoms in total. The van der Waals surface area contributed by atoms with Crippen LogP contribution in [0.25, 0.3) is 0 Å². The second-order valence-electron chi connectivity index (χ2n) is 5.75. The van der Waals surface area contributed by atoms with Crippen molar-refractivity contribution in [1.82, 2.24) is 5.32 Å². The third kappa shape index (κ3) is 3.68. The predicted octanol–water partition coefficient (Wildman–Crippen LogP) is 3.16. The molecule has 1 aliphatic carbocycles. The summed E-state index contributed by atoms with van der Waals surface area (Å²) in [7, 11) is 0. The maximum Gasteiger partial charge on any atom is 0.233 e. The van der Waals surface area contributed by atoms with Crippen LogP contribution in [0.15, 0.2) is 0 Å². The summed E-state index contributed by atoms with van der Waals surface area (Å²) >= 11 is 5.13. The fourth-order valence-corrected chi connectivity index (χ4v) is 3.45. The monoisotopic (exact) mass is 284 g/mol. The van der Waals surface area contributed by atoms with Crippen LogP contribution in [0.2, 0.25) is 0 Å². The third-order valence-corrected chi connectivity index (χ3v) is 5.26. The first-order chi connectivity index (χ1) is 9.00. The lowest BCUT2D eigenvalue weighted by Gasteiger charge is -2.34. The lowest BCUT2D eigenvalue weighted by Crippen LogP contribution is -2.51. The van der Waals surface area contributed by atoms with Gasteiger partial charge in [0.15, 0.2) is 0 Å². The Bertz CT molecular complexity index is 318. The quantitative estimate of drug-likeness (QED) is 0.737. The Balaban J connectivity index is 2.61. The van der Waals surface area contributed by atoms with Crippen molar-refractivity contribution in [3.05, 3.63) is 0 Å². The SMILES string of the molecule is CCC1CCC(NC(=O)C(CC)(CC)C(N)=S)CC1. The fraction of sp³-hybridized carbons (Fsp3) is 0.867. The van der Waals surface area contributed by atoms with Gasteiger partial charge in [-0.25, -0.2) is 0 Å². The molecule has 1 aliphatic rings. The topological polar surface area (TPSA) is 55.1 Å². The van der Waals surface area contributed by atoms with Gasteiger partial charge in [-0.3, -0.25) is 4.79 Å². The average molecular weight is 284 g/mol. The first-order valence-electron chi connectivity index (χ1n) is 7.61. The van der Waals surface area contributed by atoms with E-state index in [-0.39, 0.29) is 5.91 Å². The molecule has 1 amide bonds. The van der Waals surface area contributed by atoms with Crippen molar-refractivity contribution in [3.8, 4) is 0 Å². The Morgan fingerprint density at radius 1 is 1.21 bits per heavy atom. The molecule has 0 aromatic carbocycles. The first-order valence-corrected chi connectivity index (χ1v) is 8.01. The molecule has 0 heterocycles. The Hall–Kier alpha value is -0.640. The molecule has 19 heavy (non-hydrogen) atoms. The lowest BCUT2D eigenvalue weighted by molar-refractivity contribution is -0.128. The largest absolute Gasteiger partial charge is 0.392 e. The van der Waals surface area contributed by atoms with Crippen molar-refractivity contribution < 1.29 is 4.79 Å². The Kier molecular flexibility index (Phi) is 6.24. The van der Waals surface area contributed by atoms with Crippen LogP contribution in [-0.4, -0.2) is 16.9 Å². The summed E-state index contributed by atoms with van der Waals surface area (Å²) in [6.45, 7) is 6.21. The highest BCUT2D eigenvalue weighted by Crippen LogP contribution is 2.30. The number of rotatable bonds is 6. The maximum absolute atomic E-state index is 12.5. The highest BCUT2D eigenvalue weighted by Gasteiger charge is 2.39. The Morgan fingerprint density at radius 2 is 1.74 bits per heavy atom. The highest BCUT2D eigenvalue weighted by molar-refractivity contribution is 7.80. The molecule has 0 aliphatic heterocycles. The van der Waals surface area contributed by atoms with Crippen molar-refractivity contribution >= 4 is 23.1 Å². The van der Waals surface area contributed by atoms with Gasteiger partial charge in [0, 0.05) is 6.04 Å². The van der Waals surface area contributed by atoms with Gasteiger partial charge in [-0.2, -0.15) is 0 Å². The number of amides is 1. The van der Waals surface area contributed by atoms with Gasteiger partial charge >= 0.3 is 0 Å². The van der Waals surface area contributed by atoms with Gasteiger partial charge in [0.25, 0.3) is 0 Å². The van der Waals surface area contributed by atoms with Gasteiger partial charge in [0.2, 0.25) is 5.91 Å². The van der Waals surface area contributed by atoms with E-state index in [2.05, 4.69) is 12.2 Å². The zero-order valence-corrected chi connectivity index (χ0v) is 13.3. The van der Waals surface area contributed by atoms with E-state index in [1.807, 2.05) is 13.8 Å². The lowest BCUT2D eigenvalue weighted by atomic mass is 9.79. The minimum atomic E-state index is -0.656. The normalized spacial score (nSPS) is 23.9. The van der Waals surface area contributed by atoms with Gasteiger partial charge < -0.3 is 11.1 Å². The minimum absolute atomic E-state index is 0.0324. The summed E-state index contributed by atoms with van der Waals surface area (Å²) in [5.74, 6) is 0.871. The molecule has 0 aromatic rings. The van der Waals surface area contributed by atoms with Crippen LogP contribution in [-0.2, 0) is 4.79 Å². The summed E-state index contributed by atoms with van der Waals surface area (Å²) in [5, 5.41) is 3.18. The van der Waals surface area contributed by atoms with Crippen molar-refractivity contribution in [3.63, 3.8) is 0 Å². The molecule has 1 fully saturated rings. The summed E-state index contributed by atoms with van der Waals surface area (Å²) in [4.78, 5) is 12.8. The van der Waals surface area contributed by atoms with E-state index in [4.69, 9.17) is 18.0 Å². The van der Waals surface area contributed by atoms with E-state index in [1.165, 1.54) is 19.3 Å². The highest BCUT2D eigenvalue weighted by atomic mass is 32.1. The van der Waals surface area contributed by atoms with Crippen LogP contribution in [0.1, 0.15) is 65.7 Å². The van der Waals surface area contributed by atoms with Crippen LogP contribution in [0.4, 0.5) is 0 Å². The van der Waals surface area contributed by atoms with E-state index >= 15 is 0 Å². The molecule has 0 radical (unpaired) electrons. The molecule has 1 rings (SSSR count). The molecule has 3 N–H and O–H groups in total. The second-order valence-corrected chi connectivity index (χ2v) is 6.19. The van der Waals surface area contributed by atoms with Crippen molar-refractivity contribution in [2.75, 3.05) is 0 Å². The molecule has 0 saturated heterocycles. The van der Waals surface area contributed by atoms with E-state index in [0.717, 1.165) is 18.8 Å². The number of nitrogens with one attached hydrogen (secondary N) is 1. The molecule has 1 saturated carbocycles. The average Bonchev–Trinajstić information content (AvgIpc) is 2.41. The molecule has 110 valence electrons. The van der Waals surface area contributed by atoms with E-state index in [0.29, 0.717) is 23.9 Å². The Morgan fingerprint density at radius 3 is 2.11 bits per heavy atom. The zero-order chi connectivity index (χ0) is 14.5. The van der Waals surface area contributed by atoms with Gasteiger partial charge in [-0.1, -0.05) is 39.4 Å². The number of carbonyl (C=O) groups is 1. The Labute approximate surface area is 122 Å². The summed E-state index contributed by atoms with van der Waals surface area (Å²) in [5.41, 5.74) is 5.16. The second kappa shape index (κ2) is 7.22. The summed E-state index contributed by atoms with van der Waals surface area (Å²) < 4.78 is 0. The third-order valence-electron chi connectivity index (χ3n) is 4.87. The summed E-state index contributed by atoms with van der Waals surface area (Å²) in [6.07, 6.45) is 7.22. The standard InChI is InChI=1S/C15H28N2OS/c1-4-11-7-9-12(10-8-11)17-14(18)15(5-2,6-3)13(16)19/h11-12H,4-10H2,1-3H3,(H2,16,19)(H,17,18). The molecular weight excluding hydrogens is 256 g/mol. The maximum atomic E-state index is 12.5. The number of nitrogens with two attached hydrogens (primary N) is 1. The smallest absolute Gasteiger partial charge is 0.233 e. The number of hydrogen-bond donors (Lipinski definition) is 2. The van der Waals surface area contributed by atoms with Crippen LogP contribution >= 0.6 is 12.2 Å². The van der Waals surface area contributed by atoms with E-state index in [1.54, 1.807) is 0 Å². The summed E-state index contributed by atoms with van der Waals surface area (Å²) in [6, 6.07) is 0.308. The first kappa shape index (κ1) is 16.4. The predicted molar refractivity (Wildman–Crippen MR) is 84.0 cm³/mol. The fourth-order valence-electron chi connectivity index (χ4n) is 3.07. The van der Waals surface area contributed by atoms with Gasteiger partial charge in [0.1, 0.15) is 0 Å². The van der Waals surface area contributed by atoms with E-state index in [9.17, 15) is 4.79 Å². The van der Waals surface area contributed by atoms with Gasteiger partial charge in [-0.15, -0.1) is 0 Å². The molecule has 0 atom stereocenters. The minimum Gasteiger partial charge on any atom is -0.392 e. The van der Waals surface area contributed by atoms with Crippen LogP contribution in [0.3, 0.4) is 0 Å². The number of thiocarbonyl (C=S) groups is 1.